The van der Waals surface area contributed by atoms with Crippen molar-refractivity contribution in [2.24, 2.45) is 5.10 Å². The molecular formula is C31H28N4O2. The number of hydrogen-bond donors (Lipinski definition) is 1. The smallest absolute Gasteiger partial charge is 0.244 e. The Hall–Kier alpha value is -4.71. The van der Waals surface area contributed by atoms with Crippen molar-refractivity contribution < 1.29 is 9.53 Å². The zero-order chi connectivity index (χ0) is 25.5. The molecule has 6 heteroatoms. The van der Waals surface area contributed by atoms with Crippen molar-refractivity contribution >= 4 is 22.9 Å². The van der Waals surface area contributed by atoms with Crippen molar-refractivity contribution in [3.8, 4) is 22.7 Å². The van der Waals surface area contributed by atoms with Crippen LogP contribution in [0, 0.1) is 0 Å². The van der Waals surface area contributed by atoms with E-state index in [0.717, 1.165) is 51.0 Å². The number of hydrazone groups is 1. The predicted octanol–water partition coefficient (Wildman–Crippen LogP) is 6.17. The second kappa shape index (κ2) is 11.4. The third-order valence-corrected chi connectivity index (χ3v) is 5.99. The first kappa shape index (κ1) is 24.0. The molecule has 0 aliphatic heterocycles. The fraction of sp³-hybridized carbons (Fsp3) is 0.129. The summed E-state index contributed by atoms with van der Waals surface area (Å²) in [5.74, 6) is 0.644. The lowest BCUT2D eigenvalue weighted by Gasteiger charge is -2.06. The Labute approximate surface area is 216 Å². The van der Waals surface area contributed by atoms with Crippen LogP contribution in [0.15, 0.2) is 108 Å². The highest BCUT2D eigenvalue weighted by Gasteiger charge is 2.12. The molecule has 37 heavy (non-hydrogen) atoms. The number of nitrogens with one attached hydrogen (secondary N) is 1. The average Bonchev–Trinajstić information content (AvgIpc) is 3.37. The second-order valence-electron chi connectivity index (χ2n) is 8.69. The molecule has 4 aromatic carbocycles. The minimum absolute atomic E-state index is 0.179. The highest BCUT2D eigenvalue weighted by molar-refractivity contribution is 5.92. The maximum absolute atomic E-state index is 12.7. The lowest BCUT2D eigenvalue weighted by Crippen LogP contribution is -2.19. The molecule has 0 unspecified atom stereocenters. The van der Waals surface area contributed by atoms with Crippen molar-refractivity contribution in [3.05, 3.63) is 114 Å². The number of carbonyl (C=O) groups is 1. The van der Waals surface area contributed by atoms with Gasteiger partial charge in [0.15, 0.2) is 0 Å². The van der Waals surface area contributed by atoms with E-state index in [1.165, 1.54) is 0 Å². The van der Waals surface area contributed by atoms with Crippen LogP contribution >= 0.6 is 0 Å². The van der Waals surface area contributed by atoms with Gasteiger partial charge < -0.3 is 4.74 Å². The molecule has 1 N–H and O–H groups in total. The zero-order valence-electron chi connectivity index (χ0n) is 20.7. The van der Waals surface area contributed by atoms with E-state index >= 15 is 0 Å². The maximum Gasteiger partial charge on any atom is 0.244 e. The van der Waals surface area contributed by atoms with E-state index < -0.39 is 0 Å². The Morgan fingerprint density at radius 2 is 1.70 bits per heavy atom. The number of nitrogens with zero attached hydrogens (tertiary/aromatic N) is 3. The Morgan fingerprint density at radius 1 is 0.946 bits per heavy atom. The van der Waals surface area contributed by atoms with Crippen molar-refractivity contribution in [2.75, 3.05) is 6.61 Å². The van der Waals surface area contributed by atoms with Crippen molar-refractivity contribution in [2.45, 2.75) is 19.8 Å². The molecule has 0 spiro atoms. The quantitative estimate of drug-likeness (QED) is 0.199. The fourth-order valence-electron chi connectivity index (χ4n) is 4.18. The normalized spacial score (nSPS) is 11.2. The summed E-state index contributed by atoms with van der Waals surface area (Å²) in [5, 5.41) is 11.3. The molecule has 0 saturated carbocycles. The van der Waals surface area contributed by atoms with Gasteiger partial charge in [0, 0.05) is 17.3 Å². The highest BCUT2D eigenvalue weighted by Crippen LogP contribution is 2.25. The van der Waals surface area contributed by atoms with E-state index in [0.29, 0.717) is 6.61 Å². The topological polar surface area (TPSA) is 68.5 Å². The molecule has 1 amide bonds. The zero-order valence-corrected chi connectivity index (χ0v) is 20.7. The summed E-state index contributed by atoms with van der Waals surface area (Å²) in [6.45, 7) is 2.76. The molecule has 1 aromatic heterocycles. The Balaban J connectivity index is 1.37. The predicted molar refractivity (Wildman–Crippen MR) is 148 cm³/mol. The lowest BCUT2D eigenvalue weighted by atomic mass is 10.0. The number of carbonyl (C=O) groups excluding carboxylic acids is 1. The van der Waals surface area contributed by atoms with Gasteiger partial charge in [-0.15, -0.1) is 0 Å². The molecular weight excluding hydrogens is 460 g/mol. The van der Waals surface area contributed by atoms with Gasteiger partial charge in [0.1, 0.15) is 11.4 Å². The van der Waals surface area contributed by atoms with Crippen LogP contribution in [0.4, 0.5) is 0 Å². The number of rotatable bonds is 9. The van der Waals surface area contributed by atoms with Crippen LogP contribution in [0.25, 0.3) is 27.7 Å². The van der Waals surface area contributed by atoms with Crippen molar-refractivity contribution in [1.82, 2.24) is 15.2 Å². The van der Waals surface area contributed by atoms with Gasteiger partial charge in [0.25, 0.3) is 0 Å². The number of hydrogen-bond acceptors (Lipinski definition) is 4. The Morgan fingerprint density at radius 3 is 2.51 bits per heavy atom. The van der Waals surface area contributed by atoms with Crippen LogP contribution in [0.1, 0.15) is 24.5 Å². The van der Waals surface area contributed by atoms with E-state index in [1.807, 2.05) is 108 Å². The Bertz CT molecular complexity index is 1520. The number of fused-ring (bicyclic) bond motifs is 1. The molecule has 1 heterocycles. The molecule has 5 aromatic rings. The van der Waals surface area contributed by atoms with Gasteiger partial charge in [-0.05, 0) is 59.2 Å². The minimum Gasteiger partial charge on any atom is -0.494 e. The molecule has 0 saturated heterocycles. The molecule has 0 aliphatic carbocycles. The summed E-state index contributed by atoms with van der Waals surface area (Å²) in [5.41, 5.74) is 7.06. The van der Waals surface area contributed by atoms with Crippen LogP contribution < -0.4 is 10.2 Å². The maximum atomic E-state index is 12.7. The van der Waals surface area contributed by atoms with E-state index in [-0.39, 0.29) is 12.3 Å². The van der Waals surface area contributed by atoms with E-state index in [1.54, 1.807) is 6.21 Å². The van der Waals surface area contributed by atoms with Crippen LogP contribution in [0.3, 0.4) is 0 Å². The summed E-state index contributed by atoms with van der Waals surface area (Å²) < 4.78 is 7.53. The van der Waals surface area contributed by atoms with Crippen LogP contribution in [0.2, 0.25) is 0 Å². The Kier molecular flexibility index (Phi) is 7.36. The number of benzene rings is 4. The summed E-state index contributed by atoms with van der Waals surface area (Å²) >= 11 is 0. The van der Waals surface area contributed by atoms with Crippen LogP contribution in [-0.4, -0.2) is 28.5 Å². The molecule has 0 radical (unpaired) electrons. The van der Waals surface area contributed by atoms with Gasteiger partial charge in [-0.1, -0.05) is 67.6 Å². The summed E-state index contributed by atoms with van der Waals surface area (Å²) in [4.78, 5) is 12.7. The van der Waals surface area contributed by atoms with E-state index in [9.17, 15) is 4.79 Å². The van der Waals surface area contributed by atoms with Gasteiger partial charge in [0.2, 0.25) is 5.91 Å². The van der Waals surface area contributed by atoms with E-state index in [2.05, 4.69) is 17.5 Å². The van der Waals surface area contributed by atoms with Gasteiger partial charge in [-0.3, -0.25) is 4.79 Å². The fourth-order valence-corrected chi connectivity index (χ4v) is 4.18. The lowest BCUT2D eigenvalue weighted by molar-refractivity contribution is -0.120. The van der Waals surface area contributed by atoms with Gasteiger partial charge in [-0.2, -0.15) is 10.2 Å². The first-order chi connectivity index (χ1) is 18.2. The summed E-state index contributed by atoms with van der Waals surface area (Å²) in [7, 11) is 0. The molecule has 0 fully saturated rings. The van der Waals surface area contributed by atoms with E-state index in [4.69, 9.17) is 9.84 Å². The summed E-state index contributed by atoms with van der Waals surface area (Å²) in [6.07, 6.45) is 4.75. The minimum atomic E-state index is -0.179. The van der Waals surface area contributed by atoms with Gasteiger partial charge in [0.05, 0.1) is 24.9 Å². The second-order valence-corrected chi connectivity index (χ2v) is 8.69. The molecule has 5 rings (SSSR count). The van der Waals surface area contributed by atoms with Crippen molar-refractivity contribution in [3.63, 3.8) is 0 Å². The monoisotopic (exact) mass is 488 g/mol. The van der Waals surface area contributed by atoms with Crippen LogP contribution in [0.5, 0.6) is 5.75 Å². The molecule has 0 atom stereocenters. The van der Waals surface area contributed by atoms with Crippen molar-refractivity contribution in [1.29, 1.82) is 0 Å². The third kappa shape index (κ3) is 5.76. The average molecular weight is 489 g/mol. The van der Waals surface area contributed by atoms with Crippen LogP contribution in [-0.2, 0) is 11.2 Å². The van der Waals surface area contributed by atoms with Gasteiger partial charge in [-0.25, -0.2) is 10.1 Å². The number of aromatic nitrogens is 2. The first-order valence-corrected chi connectivity index (χ1v) is 12.4. The molecule has 6 nitrogen and oxygen atoms in total. The largest absolute Gasteiger partial charge is 0.494 e. The SMILES string of the molecule is CCCOc1ccc(-c2nn(-c3ccccc3)cc2/C=N\NC(=O)Cc2cccc3ccccc23)cc1. The number of para-hydroxylation sites is 1. The number of amides is 1. The van der Waals surface area contributed by atoms with Gasteiger partial charge >= 0.3 is 0 Å². The summed E-state index contributed by atoms with van der Waals surface area (Å²) in [6, 6.07) is 31.8. The highest BCUT2D eigenvalue weighted by atomic mass is 16.5. The molecule has 184 valence electrons. The number of ether oxygens (including phenoxy) is 1. The molecule has 0 bridgehead atoms. The standard InChI is InChI=1S/C31H28N4O2/c1-2-19-37-28-17-15-24(16-18-28)31-26(22-35(34-31)27-12-4-3-5-13-27)21-32-33-30(36)20-25-11-8-10-23-9-6-7-14-29(23)25/h3-18,21-22H,2,19-20H2,1H3,(H,33,36)/b32-21-. The molecule has 0 aliphatic rings. The first-order valence-electron chi connectivity index (χ1n) is 12.4. The third-order valence-electron chi connectivity index (χ3n) is 5.99.